The van der Waals surface area contributed by atoms with E-state index in [1.165, 1.54) is 11.4 Å². The molecule has 0 atom stereocenters. The number of benzene rings is 2. The van der Waals surface area contributed by atoms with Gasteiger partial charge in [-0.15, -0.1) is 0 Å². The highest BCUT2D eigenvalue weighted by molar-refractivity contribution is 7.88. The van der Waals surface area contributed by atoms with E-state index in [1.807, 2.05) is 6.07 Å². The Morgan fingerprint density at radius 2 is 1.97 bits per heavy atom. The number of hydrogen-bond donors (Lipinski definition) is 1. The van der Waals surface area contributed by atoms with E-state index in [9.17, 15) is 13.2 Å². The molecule has 0 aliphatic carbocycles. The van der Waals surface area contributed by atoms with Crippen LogP contribution in [0.15, 0.2) is 36.4 Å². The zero-order valence-corrected chi connectivity index (χ0v) is 17.9. The summed E-state index contributed by atoms with van der Waals surface area (Å²) in [6, 6.07) is 10.1. The number of esters is 1. The Bertz CT molecular complexity index is 1220. The number of methoxy groups -OCH3 is 1. The number of sulfonamides is 1. The number of hydrogen-bond acceptors (Lipinski definition) is 4. The second-order valence-corrected chi connectivity index (χ2v) is 9.71. The molecule has 0 radical (unpaired) electrons. The van der Waals surface area contributed by atoms with Gasteiger partial charge in [0.15, 0.2) is 0 Å². The second kappa shape index (κ2) is 7.65. The molecule has 1 aliphatic heterocycles. The molecule has 0 saturated heterocycles. The van der Waals surface area contributed by atoms with Crippen LogP contribution in [0.1, 0.15) is 27.2 Å². The summed E-state index contributed by atoms with van der Waals surface area (Å²) < 4.78 is 32.3. The topological polar surface area (TPSA) is 79.5 Å². The van der Waals surface area contributed by atoms with Gasteiger partial charge in [-0.1, -0.05) is 29.3 Å². The fourth-order valence-corrected chi connectivity index (χ4v) is 5.40. The summed E-state index contributed by atoms with van der Waals surface area (Å²) >= 11 is 11.9. The lowest BCUT2D eigenvalue weighted by Crippen LogP contribution is -2.36. The highest BCUT2D eigenvalue weighted by Gasteiger charge is 2.29. The van der Waals surface area contributed by atoms with Crippen LogP contribution in [0.5, 0.6) is 0 Å². The van der Waals surface area contributed by atoms with Gasteiger partial charge in [0, 0.05) is 36.1 Å². The van der Waals surface area contributed by atoms with Crippen LogP contribution in [0.4, 0.5) is 0 Å². The Morgan fingerprint density at radius 1 is 1.17 bits per heavy atom. The fourth-order valence-electron chi connectivity index (χ4n) is 3.60. The summed E-state index contributed by atoms with van der Waals surface area (Å²) in [7, 11) is -2.23. The first-order valence-electron chi connectivity index (χ1n) is 8.92. The summed E-state index contributed by atoms with van der Waals surface area (Å²) in [5.41, 5.74) is 3.75. The van der Waals surface area contributed by atoms with Crippen LogP contribution in [0.25, 0.3) is 10.9 Å². The van der Waals surface area contributed by atoms with Gasteiger partial charge in [0.1, 0.15) is 0 Å². The quantitative estimate of drug-likeness (QED) is 0.602. The third-order valence-corrected chi connectivity index (χ3v) is 7.62. The molecular weight excluding hydrogens is 435 g/mol. The average molecular weight is 453 g/mol. The van der Waals surface area contributed by atoms with Crippen LogP contribution in [0, 0.1) is 0 Å². The molecule has 2 heterocycles. The highest BCUT2D eigenvalue weighted by atomic mass is 35.5. The van der Waals surface area contributed by atoms with Gasteiger partial charge < -0.3 is 9.72 Å². The monoisotopic (exact) mass is 452 g/mol. The number of halogens is 2. The van der Waals surface area contributed by atoms with E-state index in [1.54, 1.807) is 30.3 Å². The van der Waals surface area contributed by atoms with Crippen LogP contribution >= 0.6 is 23.2 Å². The molecule has 4 rings (SSSR count). The first-order chi connectivity index (χ1) is 13.8. The second-order valence-electron chi connectivity index (χ2n) is 6.92. The van der Waals surface area contributed by atoms with E-state index in [0.717, 1.165) is 22.2 Å². The molecule has 0 amide bonds. The molecule has 0 saturated carbocycles. The predicted molar refractivity (Wildman–Crippen MR) is 113 cm³/mol. The number of nitrogens with zero attached hydrogens (tertiary/aromatic N) is 1. The number of nitrogens with one attached hydrogen (secondary N) is 1. The minimum atomic E-state index is -3.56. The molecule has 0 fully saturated rings. The van der Waals surface area contributed by atoms with Crippen molar-refractivity contribution in [3.63, 3.8) is 0 Å². The van der Waals surface area contributed by atoms with Gasteiger partial charge in [0.2, 0.25) is 10.0 Å². The molecule has 0 unspecified atom stereocenters. The Kier molecular flexibility index (Phi) is 5.33. The lowest BCUT2D eigenvalue weighted by molar-refractivity contribution is 0.0601. The summed E-state index contributed by atoms with van der Waals surface area (Å²) in [5, 5.41) is 1.54. The largest absolute Gasteiger partial charge is 0.465 e. The van der Waals surface area contributed by atoms with Gasteiger partial charge in [-0.3, -0.25) is 0 Å². The first-order valence-corrected chi connectivity index (χ1v) is 11.3. The summed E-state index contributed by atoms with van der Waals surface area (Å²) in [5.74, 6) is -0.587. The van der Waals surface area contributed by atoms with Gasteiger partial charge in [-0.25, -0.2) is 13.2 Å². The van der Waals surface area contributed by atoms with Crippen molar-refractivity contribution in [2.45, 2.75) is 18.7 Å². The Labute approximate surface area is 178 Å². The number of aromatic nitrogens is 1. The number of ether oxygens (including phenoxy) is 1. The molecule has 1 aliphatic rings. The molecule has 3 aromatic rings. The Morgan fingerprint density at radius 3 is 2.69 bits per heavy atom. The van der Waals surface area contributed by atoms with Crippen LogP contribution in [-0.2, 0) is 33.5 Å². The zero-order chi connectivity index (χ0) is 20.8. The number of carbonyl (C=O) groups is 1. The molecular formula is C20H18Cl2N2O4S. The summed E-state index contributed by atoms with van der Waals surface area (Å²) in [6.07, 6.45) is 0.568. The van der Waals surface area contributed by atoms with Crippen LogP contribution in [0.3, 0.4) is 0 Å². The van der Waals surface area contributed by atoms with Crippen molar-refractivity contribution in [3.05, 3.63) is 68.8 Å². The summed E-state index contributed by atoms with van der Waals surface area (Å²) in [6.45, 7) is 0.622. The number of H-pyrrole nitrogens is 1. The molecule has 0 spiro atoms. The maximum Gasteiger partial charge on any atom is 0.337 e. The van der Waals surface area contributed by atoms with Crippen molar-refractivity contribution in [1.82, 2.24) is 9.29 Å². The van der Waals surface area contributed by atoms with Gasteiger partial charge in [0.25, 0.3) is 0 Å². The van der Waals surface area contributed by atoms with Crippen LogP contribution in [-0.4, -0.2) is 37.3 Å². The molecule has 2 aromatic carbocycles. The van der Waals surface area contributed by atoms with Gasteiger partial charge in [-0.2, -0.15) is 4.31 Å². The fraction of sp³-hybridized carbons (Fsp3) is 0.250. The standard InChI is InChI=1S/C20H18Cl2N2O4S/c1-28-20(25)13-3-5-18-14(9-13)15-10-24(7-6-19(15)23-18)29(26,27)11-12-2-4-16(21)17(22)8-12/h2-5,8-9,23H,6-7,10-11H2,1H3. The van der Waals surface area contributed by atoms with E-state index in [0.29, 0.717) is 34.1 Å². The number of fused-ring (bicyclic) bond motifs is 3. The van der Waals surface area contributed by atoms with E-state index < -0.39 is 16.0 Å². The average Bonchev–Trinajstić information content (AvgIpc) is 3.07. The Hall–Kier alpha value is -2.06. The molecule has 6 nitrogen and oxygen atoms in total. The maximum absolute atomic E-state index is 13.0. The van der Waals surface area contributed by atoms with Crippen LogP contribution < -0.4 is 0 Å². The number of rotatable bonds is 4. The van der Waals surface area contributed by atoms with Crippen molar-refractivity contribution in [1.29, 1.82) is 0 Å². The molecule has 0 bridgehead atoms. The van der Waals surface area contributed by atoms with Crippen LogP contribution in [0.2, 0.25) is 10.0 Å². The minimum Gasteiger partial charge on any atom is -0.465 e. The molecule has 1 aromatic heterocycles. The van der Waals surface area contributed by atoms with Crippen molar-refractivity contribution in [2.24, 2.45) is 0 Å². The van der Waals surface area contributed by atoms with Gasteiger partial charge >= 0.3 is 5.97 Å². The third-order valence-electron chi connectivity index (χ3n) is 5.09. The van der Waals surface area contributed by atoms with E-state index in [-0.39, 0.29) is 12.3 Å². The van der Waals surface area contributed by atoms with Gasteiger partial charge in [0.05, 0.1) is 28.5 Å². The van der Waals surface area contributed by atoms with E-state index in [2.05, 4.69) is 4.98 Å². The lowest BCUT2D eigenvalue weighted by atomic mass is 10.0. The number of aromatic amines is 1. The smallest absolute Gasteiger partial charge is 0.337 e. The Balaban J connectivity index is 1.64. The normalized spacial score (nSPS) is 14.7. The first kappa shape index (κ1) is 20.2. The summed E-state index contributed by atoms with van der Waals surface area (Å²) in [4.78, 5) is 15.2. The van der Waals surface area contributed by atoms with Gasteiger partial charge in [-0.05, 0) is 41.5 Å². The van der Waals surface area contributed by atoms with E-state index >= 15 is 0 Å². The zero-order valence-electron chi connectivity index (χ0n) is 15.5. The number of carbonyl (C=O) groups excluding carboxylic acids is 1. The van der Waals surface area contributed by atoms with Crippen molar-refractivity contribution in [3.8, 4) is 0 Å². The molecule has 29 heavy (non-hydrogen) atoms. The highest BCUT2D eigenvalue weighted by Crippen LogP contribution is 2.31. The molecule has 1 N–H and O–H groups in total. The molecule has 9 heteroatoms. The molecule has 152 valence electrons. The SMILES string of the molecule is COC(=O)c1ccc2[nH]c3c(c2c1)CN(S(=O)(=O)Cc1ccc(Cl)c(Cl)c1)CC3. The van der Waals surface area contributed by atoms with Crippen molar-refractivity contribution in [2.75, 3.05) is 13.7 Å². The predicted octanol–water partition coefficient (Wildman–Crippen LogP) is 4.15. The maximum atomic E-state index is 13.0. The van der Waals surface area contributed by atoms with Crippen molar-refractivity contribution >= 4 is 50.1 Å². The minimum absolute atomic E-state index is 0.158. The lowest BCUT2D eigenvalue weighted by Gasteiger charge is -2.26. The van der Waals surface area contributed by atoms with E-state index in [4.69, 9.17) is 27.9 Å². The third kappa shape index (κ3) is 3.88. The van der Waals surface area contributed by atoms with Crippen molar-refractivity contribution < 1.29 is 17.9 Å².